The number of ether oxygens (including phenoxy) is 1. The van der Waals surface area contributed by atoms with E-state index in [1.807, 2.05) is 60.7 Å². The second-order valence-electron chi connectivity index (χ2n) is 9.76. The summed E-state index contributed by atoms with van der Waals surface area (Å²) in [6.07, 6.45) is 5.14. The van der Waals surface area contributed by atoms with Crippen LogP contribution in [0.4, 0.5) is 5.82 Å². The highest BCUT2D eigenvalue weighted by molar-refractivity contribution is 6.02. The van der Waals surface area contributed by atoms with Gasteiger partial charge in [-0.05, 0) is 30.3 Å². The lowest BCUT2D eigenvalue weighted by Gasteiger charge is -2.10. The Morgan fingerprint density at radius 2 is 1.68 bits per heavy atom. The van der Waals surface area contributed by atoms with E-state index in [9.17, 15) is 24.0 Å². The number of nitrogen functional groups attached to an aromatic ring is 1. The van der Waals surface area contributed by atoms with Crippen LogP contribution >= 0.6 is 0 Å². The number of ketones is 1. The summed E-state index contributed by atoms with van der Waals surface area (Å²) < 4.78 is 14.5. The fourth-order valence-corrected chi connectivity index (χ4v) is 4.05. The van der Waals surface area contributed by atoms with Gasteiger partial charge in [-0.2, -0.15) is 5.10 Å². The maximum Gasteiger partial charge on any atom is 0.332 e. The molecule has 0 aliphatic heterocycles. The molecule has 44 heavy (non-hydrogen) atoms. The van der Waals surface area contributed by atoms with E-state index < -0.39 is 35.2 Å². The van der Waals surface area contributed by atoms with Crippen LogP contribution in [0.1, 0.15) is 15.9 Å². The Kier molecular flexibility index (Phi) is 9.38. The molecule has 0 atom stereocenters. The molecule has 5 aromatic rings. The molecule has 2 aromatic carbocycles. The van der Waals surface area contributed by atoms with Crippen LogP contribution in [0.5, 0.6) is 0 Å². The van der Waals surface area contributed by atoms with Gasteiger partial charge in [0.1, 0.15) is 22.7 Å². The zero-order valence-electron chi connectivity index (χ0n) is 24.5. The van der Waals surface area contributed by atoms with Crippen molar-refractivity contribution in [2.24, 2.45) is 14.1 Å². The molecule has 3 heterocycles. The zero-order valence-corrected chi connectivity index (χ0v) is 24.5. The summed E-state index contributed by atoms with van der Waals surface area (Å²) in [5.41, 5.74) is 6.40. The molecule has 226 valence electrons. The number of anilines is 1. The van der Waals surface area contributed by atoms with Crippen LogP contribution in [0, 0.1) is 0 Å². The van der Waals surface area contributed by atoms with Gasteiger partial charge in [-0.1, -0.05) is 36.4 Å². The van der Waals surface area contributed by atoms with Crippen molar-refractivity contribution < 1.29 is 23.5 Å². The summed E-state index contributed by atoms with van der Waals surface area (Å²) in [4.78, 5) is 60.4. The Morgan fingerprint density at radius 3 is 2.34 bits per heavy atom. The average molecular weight is 599 g/mol. The largest absolute Gasteiger partial charge is 0.454 e. The van der Waals surface area contributed by atoms with Crippen molar-refractivity contribution in [1.29, 1.82) is 0 Å². The number of nitrogens with two attached hydrogens (primary N) is 1. The van der Waals surface area contributed by atoms with E-state index in [0.717, 1.165) is 32.7 Å². The third-order valence-electron chi connectivity index (χ3n) is 6.37. The molecule has 0 unspecified atom stereocenters. The Labute approximate surface area is 251 Å². The van der Waals surface area contributed by atoms with Gasteiger partial charge in [0.2, 0.25) is 12.2 Å². The molecule has 0 aliphatic rings. The molecule has 0 saturated carbocycles. The van der Waals surface area contributed by atoms with Gasteiger partial charge in [-0.3, -0.25) is 23.5 Å². The summed E-state index contributed by atoms with van der Waals surface area (Å²) in [6.45, 7) is -0.736. The number of para-hydroxylation sites is 2. The summed E-state index contributed by atoms with van der Waals surface area (Å²) in [5.74, 6) is -1.45. The van der Waals surface area contributed by atoms with Gasteiger partial charge in [0.25, 0.3) is 5.56 Å². The molecule has 0 spiro atoms. The molecular weight excluding hydrogens is 568 g/mol. The second kappa shape index (κ2) is 13.3. The smallest absolute Gasteiger partial charge is 0.332 e. The van der Waals surface area contributed by atoms with Crippen LogP contribution < -0.4 is 17.0 Å². The van der Waals surface area contributed by atoms with Crippen molar-refractivity contribution in [2.45, 2.75) is 0 Å². The summed E-state index contributed by atoms with van der Waals surface area (Å²) in [5, 5.41) is 5.57. The van der Waals surface area contributed by atoms with Gasteiger partial charge < -0.3 is 19.8 Å². The van der Waals surface area contributed by atoms with E-state index in [4.69, 9.17) is 14.9 Å². The SMILES string of the molecule is CN(C)C=O.Cn1c(N)c(C(=O)COC(=O)C=Cc2cn(-c3ccccc3)nc2-c2cc3ccccc3o2)c(=O)n(C)c1=O. The monoisotopic (exact) mass is 598 g/mol. The van der Waals surface area contributed by atoms with Gasteiger partial charge in [0, 0.05) is 51.4 Å². The molecule has 0 saturated heterocycles. The molecule has 5 rings (SSSR count). The molecule has 13 heteroatoms. The standard InChI is InChI=1S/C28H23N5O6.C3H7NO/c1-31-26(29)24(27(36)32(2)28(31)37)20(34)16-38-23(35)13-12-18-15-33(19-9-4-3-5-10-19)30-25(18)22-14-17-8-6-7-11-21(17)39-22;1-4(2)3-5/h3-15H,16,29H2,1-2H3;3H,1-2H3. The molecule has 0 radical (unpaired) electrons. The van der Waals surface area contributed by atoms with Crippen molar-refractivity contribution in [3.05, 3.63) is 105 Å². The fourth-order valence-electron chi connectivity index (χ4n) is 4.05. The lowest BCUT2D eigenvalue weighted by Crippen LogP contribution is -2.42. The number of aromatic nitrogens is 4. The van der Waals surface area contributed by atoms with Crippen LogP contribution in [-0.2, 0) is 28.4 Å². The maximum absolute atomic E-state index is 12.6. The first-order chi connectivity index (χ1) is 21.0. The number of carbonyl (C=O) groups is 3. The van der Waals surface area contributed by atoms with Crippen LogP contribution in [0.3, 0.4) is 0 Å². The fraction of sp³-hybridized carbons (Fsp3) is 0.161. The molecule has 13 nitrogen and oxygen atoms in total. The van der Waals surface area contributed by atoms with E-state index in [1.54, 1.807) is 25.0 Å². The lowest BCUT2D eigenvalue weighted by atomic mass is 10.2. The van der Waals surface area contributed by atoms with Crippen LogP contribution in [0.2, 0.25) is 0 Å². The van der Waals surface area contributed by atoms with Crippen molar-refractivity contribution in [3.8, 4) is 17.1 Å². The summed E-state index contributed by atoms with van der Waals surface area (Å²) in [7, 11) is 5.93. The molecule has 0 aliphatic carbocycles. The first kappa shape index (κ1) is 31.0. The minimum absolute atomic E-state index is 0.302. The normalized spacial score (nSPS) is 10.8. The number of amides is 1. The molecule has 0 bridgehead atoms. The third-order valence-corrected chi connectivity index (χ3v) is 6.37. The first-order valence-electron chi connectivity index (χ1n) is 13.2. The minimum Gasteiger partial charge on any atom is -0.454 e. The number of furan rings is 1. The highest BCUT2D eigenvalue weighted by Crippen LogP contribution is 2.30. The topological polar surface area (TPSA) is 165 Å². The zero-order chi connectivity index (χ0) is 32.0. The van der Waals surface area contributed by atoms with Crippen molar-refractivity contribution in [3.63, 3.8) is 0 Å². The summed E-state index contributed by atoms with van der Waals surface area (Å²) >= 11 is 0. The van der Waals surface area contributed by atoms with Crippen molar-refractivity contribution in [2.75, 3.05) is 26.4 Å². The van der Waals surface area contributed by atoms with E-state index >= 15 is 0 Å². The average Bonchev–Trinajstić information content (AvgIpc) is 3.66. The Bertz CT molecular complexity index is 1950. The van der Waals surface area contributed by atoms with Gasteiger partial charge in [0.15, 0.2) is 12.4 Å². The molecule has 1 amide bonds. The van der Waals surface area contributed by atoms with Gasteiger partial charge in [0.05, 0.1) is 5.69 Å². The number of rotatable bonds is 8. The van der Waals surface area contributed by atoms with E-state index in [1.165, 1.54) is 25.1 Å². The number of fused-ring (bicyclic) bond motifs is 1. The molecule has 3 aromatic heterocycles. The van der Waals surface area contributed by atoms with Gasteiger partial charge >= 0.3 is 11.7 Å². The van der Waals surface area contributed by atoms with Crippen LogP contribution in [0.15, 0.2) is 86.9 Å². The number of nitrogens with zero attached hydrogens (tertiary/aromatic N) is 5. The number of Topliss-reactive ketones (excluding diaryl/α,β-unsaturated/α-hetero) is 1. The Balaban J connectivity index is 0.000000818. The lowest BCUT2D eigenvalue weighted by molar-refractivity contribution is -0.136. The minimum atomic E-state index is -0.865. The number of hydrogen-bond acceptors (Lipinski definition) is 9. The highest BCUT2D eigenvalue weighted by atomic mass is 16.5. The van der Waals surface area contributed by atoms with Crippen LogP contribution in [0.25, 0.3) is 34.2 Å². The highest BCUT2D eigenvalue weighted by Gasteiger charge is 2.21. The Hall–Kier alpha value is -5.98. The molecular formula is C31H30N6O7. The van der Waals surface area contributed by atoms with Crippen molar-refractivity contribution in [1.82, 2.24) is 23.8 Å². The molecule has 0 fully saturated rings. The van der Waals surface area contributed by atoms with Crippen LogP contribution in [-0.4, -0.2) is 62.7 Å². The number of esters is 1. The summed E-state index contributed by atoms with van der Waals surface area (Å²) in [6, 6.07) is 18.8. The van der Waals surface area contributed by atoms with E-state index in [2.05, 4.69) is 5.10 Å². The van der Waals surface area contributed by atoms with Crippen molar-refractivity contribution >= 4 is 41.0 Å². The molecule has 2 N–H and O–H groups in total. The number of benzene rings is 2. The Morgan fingerprint density at radius 1 is 1.02 bits per heavy atom. The predicted octanol–water partition coefficient (Wildman–Crippen LogP) is 2.41. The predicted molar refractivity (Wildman–Crippen MR) is 164 cm³/mol. The van der Waals surface area contributed by atoms with E-state index in [0.29, 0.717) is 22.6 Å². The van der Waals surface area contributed by atoms with Gasteiger partial charge in [-0.25, -0.2) is 14.3 Å². The number of hydrogen-bond donors (Lipinski definition) is 1. The van der Waals surface area contributed by atoms with Gasteiger partial charge in [-0.15, -0.1) is 0 Å². The number of carbonyl (C=O) groups excluding carboxylic acids is 3. The third kappa shape index (κ3) is 6.73. The quantitative estimate of drug-likeness (QED) is 0.122. The van der Waals surface area contributed by atoms with E-state index in [-0.39, 0.29) is 5.82 Å². The first-order valence-corrected chi connectivity index (χ1v) is 13.2. The second-order valence-corrected chi connectivity index (χ2v) is 9.76. The maximum atomic E-state index is 12.6.